The normalized spacial score (nSPS) is 21.3. The third-order valence-corrected chi connectivity index (χ3v) is 8.47. The van der Waals surface area contributed by atoms with Gasteiger partial charge in [0.2, 0.25) is 21.8 Å². The lowest BCUT2D eigenvalue weighted by atomic mass is 9.83. The summed E-state index contributed by atoms with van der Waals surface area (Å²) < 4.78 is 107. The van der Waals surface area contributed by atoms with Gasteiger partial charge in [0, 0.05) is 29.6 Å². The second kappa shape index (κ2) is 9.31. The highest BCUT2D eigenvalue weighted by atomic mass is 32.2. The summed E-state index contributed by atoms with van der Waals surface area (Å²) in [7, 11) is -4.32. The molecule has 200 valence electrons. The van der Waals surface area contributed by atoms with Gasteiger partial charge in [-0.3, -0.25) is 9.78 Å². The van der Waals surface area contributed by atoms with E-state index in [2.05, 4.69) is 20.3 Å². The van der Waals surface area contributed by atoms with E-state index < -0.39 is 62.4 Å². The molecule has 1 aromatic carbocycles. The summed E-state index contributed by atoms with van der Waals surface area (Å²) in [5, 5.41) is 2.56. The lowest BCUT2D eigenvalue weighted by molar-refractivity contribution is -0.145. The summed E-state index contributed by atoms with van der Waals surface area (Å²) >= 11 is 0. The maximum Gasteiger partial charge on any atom is 0.451 e. The molecule has 2 saturated heterocycles. The molecule has 1 N–H and O–H groups in total. The quantitative estimate of drug-likeness (QED) is 0.466. The molecule has 1 unspecified atom stereocenters. The van der Waals surface area contributed by atoms with E-state index in [0.29, 0.717) is 25.0 Å². The number of benzene rings is 1. The largest absolute Gasteiger partial charge is 0.451 e. The zero-order chi connectivity index (χ0) is 27.4. The molecule has 2 aromatic heterocycles. The fourth-order valence-electron chi connectivity index (χ4n) is 4.66. The van der Waals surface area contributed by atoms with Crippen LogP contribution in [0.5, 0.6) is 0 Å². The highest BCUT2D eigenvalue weighted by molar-refractivity contribution is 7.89. The maximum absolute atomic E-state index is 14.3. The summed E-state index contributed by atoms with van der Waals surface area (Å²) in [6.07, 6.45) is -1.48. The summed E-state index contributed by atoms with van der Waals surface area (Å²) in [6.45, 7) is -0.249. The minimum atomic E-state index is -4.77. The number of alkyl halides is 3. The molecule has 3 aromatic rings. The van der Waals surface area contributed by atoms with Crippen LogP contribution >= 0.6 is 0 Å². The third-order valence-electron chi connectivity index (χ3n) is 6.54. The van der Waals surface area contributed by atoms with Crippen LogP contribution < -0.4 is 5.32 Å². The van der Waals surface area contributed by atoms with Gasteiger partial charge in [-0.15, -0.1) is 0 Å². The minimum Gasteiger partial charge on any atom is -0.349 e. The van der Waals surface area contributed by atoms with Crippen molar-refractivity contribution in [3.63, 3.8) is 0 Å². The Labute approximate surface area is 211 Å². The van der Waals surface area contributed by atoms with E-state index in [4.69, 9.17) is 0 Å². The molecule has 8 nitrogen and oxygen atoms in total. The average Bonchev–Trinajstić information content (AvgIpc) is 3.42. The first-order chi connectivity index (χ1) is 17.9. The molecule has 1 amide bonds. The third kappa shape index (κ3) is 4.60. The zero-order valence-electron chi connectivity index (χ0n) is 19.1. The van der Waals surface area contributed by atoms with Crippen LogP contribution in [0.2, 0.25) is 0 Å². The Morgan fingerprint density at radius 1 is 0.974 bits per heavy atom. The van der Waals surface area contributed by atoms with Crippen LogP contribution in [0.4, 0.5) is 26.3 Å². The van der Waals surface area contributed by atoms with Gasteiger partial charge in [-0.2, -0.15) is 17.5 Å². The summed E-state index contributed by atoms with van der Waals surface area (Å²) in [5.41, 5.74) is -0.0652. The maximum atomic E-state index is 14.3. The molecule has 0 radical (unpaired) electrons. The number of carbonyl (C=O) groups excluding carboxylic acids is 1. The van der Waals surface area contributed by atoms with Gasteiger partial charge in [-0.25, -0.2) is 31.6 Å². The van der Waals surface area contributed by atoms with E-state index in [-0.39, 0.29) is 29.3 Å². The lowest BCUT2D eigenvalue weighted by Crippen LogP contribution is -2.46. The van der Waals surface area contributed by atoms with E-state index in [1.165, 1.54) is 6.07 Å². The van der Waals surface area contributed by atoms with Crippen LogP contribution in [0.3, 0.4) is 0 Å². The monoisotopic (exact) mass is 557 g/mol. The number of rotatable bonds is 6. The second-order valence-electron chi connectivity index (χ2n) is 8.91. The van der Waals surface area contributed by atoms with Crippen molar-refractivity contribution in [1.82, 2.24) is 24.6 Å². The molecule has 15 heteroatoms. The van der Waals surface area contributed by atoms with Gasteiger partial charge in [0.15, 0.2) is 11.6 Å². The van der Waals surface area contributed by atoms with Crippen LogP contribution in [-0.4, -0.2) is 45.7 Å². The molecule has 1 saturated carbocycles. The number of aromatic nitrogens is 3. The van der Waals surface area contributed by atoms with Crippen LogP contribution in [0.1, 0.15) is 24.4 Å². The SMILES string of the molecule is O=C(NCc1cc(-c2cnc(C(F)(F)F)nc2)c(F)cn1)C1C2CC(C2)N1S(=O)(=O)c1ccc(F)c(F)c1. The summed E-state index contributed by atoms with van der Waals surface area (Å²) in [6, 6.07) is 1.81. The number of hydrogen-bond donors (Lipinski definition) is 1. The molecule has 1 atom stereocenters. The first-order valence-corrected chi connectivity index (χ1v) is 12.6. The van der Waals surface area contributed by atoms with Crippen LogP contribution in [-0.2, 0) is 27.5 Å². The number of fused-ring (bicyclic) bond motifs is 1. The van der Waals surface area contributed by atoms with Crippen LogP contribution in [0, 0.1) is 23.4 Å². The van der Waals surface area contributed by atoms with E-state index in [9.17, 15) is 39.6 Å². The molecule has 2 bridgehead atoms. The van der Waals surface area contributed by atoms with Gasteiger partial charge in [-0.05, 0) is 43.0 Å². The van der Waals surface area contributed by atoms with Gasteiger partial charge < -0.3 is 5.32 Å². The molecule has 4 heterocycles. The molecular formula is C23H17F6N5O3S. The van der Waals surface area contributed by atoms with Crippen molar-refractivity contribution >= 4 is 15.9 Å². The average molecular weight is 557 g/mol. The van der Waals surface area contributed by atoms with Crippen molar-refractivity contribution in [2.75, 3.05) is 0 Å². The Kier molecular flexibility index (Phi) is 6.38. The summed E-state index contributed by atoms with van der Waals surface area (Å²) in [4.78, 5) is 22.8. The Bertz CT molecular complexity index is 1510. The molecular weight excluding hydrogens is 540 g/mol. The van der Waals surface area contributed by atoms with Crippen molar-refractivity contribution < 1.29 is 39.6 Å². The fourth-order valence-corrected chi connectivity index (χ4v) is 6.53. The van der Waals surface area contributed by atoms with Crippen molar-refractivity contribution in [2.24, 2.45) is 5.92 Å². The molecule has 2 aliphatic heterocycles. The predicted octanol–water partition coefficient (Wildman–Crippen LogP) is 3.44. The lowest BCUT2D eigenvalue weighted by Gasteiger charge is -2.25. The van der Waals surface area contributed by atoms with Crippen molar-refractivity contribution in [3.05, 3.63) is 71.8 Å². The number of amides is 1. The molecule has 3 fully saturated rings. The highest BCUT2D eigenvalue weighted by Gasteiger charge is 2.58. The van der Waals surface area contributed by atoms with Gasteiger partial charge >= 0.3 is 6.18 Å². The van der Waals surface area contributed by atoms with Crippen LogP contribution in [0.15, 0.2) is 47.8 Å². The number of halogens is 6. The Morgan fingerprint density at radius 3 is 2.29 bits per heavy atom. The van der Waals surface area contributed by atoms with Crippen molar-refractivity contribution in [2.45, 2.75) is 42.5 Å². The number of hydrogen-bond acceptors (Lipinski definition) is 6. The number of pyridine rings is 1. The topological polar surface area (TPSA) is 105 Å². The first kappa shape index (κ1) is 26.0. The number of nitrogens with one attached hydrogen (secondary N) is 1. The van der Waals surface area contributed by atoms with Gasteiger partial charge in [0.1, 0.15) is 11.9 Å². The fraction of sp³-hybridized carbons (Fsp3) is 0.304. The summed E-state index contributed by atoms with van der Waals surface area (Å²) in [5.74, 6) is -5.73. The number of sulfonamides is 1. The van der Waals surface area contributed by atoms with E-state index >= 15 is 0 Å². The molecule has 0 spiro atoms. The van der Waals surface area contributed by atoms with Gasteiger partial charge in [0.25, 0.3) is 0 Å². The van der Waals surface area contributed by atoms with Gasteiger partial charge in [-0.1, -0.05) is 0 Å². The predicted molar refractivity (Wildman–Crippen MR) is 118 cm³/mol. The zero-order valence-corrected chi connectivity index (χ0v) is 19.9. The van der Waals surface area contributed by atoms with E-state index in [1.54, 1.807) is 0 Å². The van der Waals surface area contributed by atoms with E-state index in [0.717, 1.165) is 29.0 Å². The standard InChI is InChI=1S/C23H17F6N5O3S/c24-17-2-1-15(6-18(17)25)38(36,37)34-14-3-11(4-14)20(34)21(35)31-9-13-5-16(19(26)10-30-13)12-7-32-22(33-8-12)23(27,28)29/h1-2,5-8,10-11,14,20H,3-4,9H2,(H,31,35). The number of nitrogens with zero attached hydrogens (tertiary/aromatic N) is 4. The molecule has 38 heavy (non-hydrogen) atoms. The Morgan fingerprint density at radius 2 is 1.66 bits per heavy atom. The Hall–Kier alpha value is -3.59. The van der Waals surface area contributed by atoms with Crippen molar-refractivity contribution in [3.8, 4) is 11.1 Å². The second-order valence-corrected chi connectivity index (χ2v) is 10.8. The number of carbonyl (C=O) groups is 1. The molecule has 6 rings (SSSR count). The van der Waals surface area contributed by atoms with Gasteiger partial charge in [0.05, 0.1) is 23.3 Å². The van der Waals surface area contributed by atoms with E-state index in [1.807, 2.05) is 0 Å². The first-order valence-electron chi connectivity index (χ1n) is 11.2. The van der Waals surface area contributed by atoms with Crippen LogP contribution in [0.25, 0.3) is 11.1 Å². The Balaban J connectivity index is 1.33. The minimum absolute atomic E-state index is 0.0501. The molecule has 3 aliphatic rings. The van der Waals surface area contributed by atoms with Crippen molar-refractivity contribution in [1.29, 1.82) is 0 Å². The smallest absolute Gasteiger partial charge is 0.349 e. The highest BCUT2D eigenvalue weighted by Crippen LogP contribution is 2.48. The molecule has 1 aliphatic carbocycles.